The topological polar surface area (TPSA) is 43.4 Å². The maximum atomic E-state index is 11.1. The highest BCUT2D eigenvalue weighted by Gasteiger charge is 2.17. The lowest BCUT2D eigenvalue weighted by Gasteiger charge is -2.18. The lowest BCUT2D eigenvalue weighted by Crippen LogP contribution is -2.19. The summed E-state index contributed by atoms with van der Waals surface area (Å²) < 4.78 is 29.1. The molecule has 1 aromatic rings. The molecule has 0 fully saturated rings. The largest absolute Gasteiger partial charge is 0.493 e. The van der Waals surface area contributed by atoms with E-state index in [9.17, 15) is 8.42 Å². The standard InChI is InChI=1S/C14H20BrClO3S/c1-4-11(9-20(16,17)18)8-19-14-6-5-12(15)7-13(14)10(2)3/h5-7,10-11H,4,8-9H2,1-3H3. The van der Waals surface area contributed by atoms with Crippen molar-refractivity contribution in [3.63, 3.8) is 0 Å². The van der Waals surface area contributed by atoms with Crippen LogP contribution < -0.4 is 4.74 Å². The van der Waals surface area contributed by atoms with Crippen LogP contribution in [0.1, 0.15) is 38.7 Å². The normalized spacial score (nSPS) is 13.5. The maximum absolute atomic E-state index is 11.1. The first-order valence-corrected chi connectivity index (χ1v) is 9.84. The fraction of sp³-hybridized carbons (Fsp3) is 0.571. The predicted octanol–water partition coefficient (Wildman–Crippen LogP) is 4.55. The third-order valence-electron chi connectivity index (χ3n) is 3.08. The third kappa shape index (κ3) is 6.02. The van der Waals surface area contributed by atoms with Crippen LogP contribution in [0, 0.1) is 5.92 Å². The molecule has 0 amide bonds. The van der Waals surface area contributed by atoms with Gasteiger partial charge in [0, 0.05) is 21.1 Å². The van der Waals surface area contributed by atoms with Crippen LogP contribution in [0.4, 0.5) is 0 Å². The van der Waals surface area contributed by atoms with Gasteiger partial charge in [0.2, 0.25) is 9.05 Å². The fourth-order valence-corrected chi connectivity index (χ4v) is 3.68. The molecule has 0 spiro atoms. The number of ether oxygens (including phenoxy) is 1. The van der Waals surface area contributed by atoms with E-state index < -0.39 is 9.05 Å². The molecule has 0 saturated carbocycles. The Labute approximate surface area is 134 Å². The SMILES string of the molecule is CCC(COc1ccc(Br)cc1C(C)C)CS(=O)(=O)Cl. The monoisotopic (exact) mass is 382 g/mol. The number of hydrogen-bond acceptors (Lipinski definition) is 3. The quantitative estimate of drug-likeness (QED) is 0.649. The van der Waals surface area contributed by atoms with Crippen molar-refractivity contribution in [1.29, 1.82) is 0 Å². The first-order valence-electron chi connectivity index (χ1n) is 6.57. The van der Waals surface area contributed by atoms with Crippen LogP contribution in [-0.4, -0.2) is 20.8 Å². The van der Waals surface area contributed by atoms with Crippen LogP contribution >= 0.6 is 26.6 Å². The van der Waals surface area contributed by atoms with Crippen molar-refractivity contribution in [1.82, 2.24) is 0 Å². The molecule has 0 bridgehead atoms. The summed E-state index contributed by atoms with van der Waals surface area (Å²) in [5, 5.41) is 0. The summed E-state index contributed by atoms with van der Waals surface area (Å²) in [7, 11) is 1.81. The predicted molar refractivity (Wildman–Crippen MR) is 87.1 cm³/mol. The Morgan fingerprint density at radius 3 is 2.50 bits per heavy atom. The van der Waals surface area contributed by atoms with E-state index in [0.717, 1.165) is 15.8 Å². The second-order valence-electron chi connectivity index (χ2n) is 5.13. The van der Waals surface area contributed by atoms with Gasteiger partial charge in [-0.2, -0.15) is 0 Å². The van der Waals surface area contributed by atoms with Crippen LogP contribution in [0.25, 0.3) is 0 Å². The van der Waals surface area contributed by atoms with Gasteiger partial charge < -0.3 is 4.74 Å². The van der Waals surface area contributed by atoms with Gasteiger partial charge in [0.05, 0.1) is 12.4 Å². The summed E-state index contributed by atoms with van der Waals surface area (Å²) in [4.78, 5) is 0. The molecule has 0 radical (unpaired) electrons. The molecule has 3 nitrogen and oxygen atoms in total. The van der Waals surface area contributed by atoms with E-state index in [1.165, 1.54) is 0 Å². The van der Waals surface area contributed by atoms with Crippen LogP contribution in [0.2, 0.25) is 0 Å². The van der Waals surface area contributed by atoms with Gasteiger partial charge in [0.15, 0.2) is 0 Å². The molecule has 114 valence electrons. The fourth-order valence-electron chi connectivity index (χ4n) is 1.87. The molecular weight excluding hydrogens is 364 g/mol. The smallest absolute Gasteiger partial charge is 0.232 e. The molecule has 0 heterocycles. The van der Waals surface area contributed by atoms with Crippen molar-refractivity contribution in [2.45, 2.75) is 33.1 Å². The van der Waals surface area contributed by atoms with Gasteiger partial charge in [0.1, 0.15) is 5.75 Å². The van der Waals surface area contributed by atoms with E-state index in [0.29, 0.717) is 18.9 Å². The molecule has 6 heteroatoms. The Hall–Kier alpha value is -0.260. The molecule has 0 aliphatic heterocycles. The number of rotatable bonds is 7. The van der Waals surface area contributed by atoms with Crippen LogP contribution in [0.15, 0.2) is 22.7 Å². The van der Waals surface area contributed by atoms with Crippen molar-refractivity contribution in [3.8, 4) is 5.75 Å². The Bertz CT molecular complexity index is 543. The van der Waals surface area contributed by atoms with Gasteiger partial charge in [-0.05, 0) is 36.1 Å². The lowest BCUT2D eigenvalue weighted by atomic mass is 10.0. The van der Waals surface area contributed by atoms with Gasteiger partial charge in [-0.15, -0.1) is 0 Å². The molecule has 0 saturated heterocycles. The maximum Gasteiger partial charge on any atom is 0.232 e. The number of halogens is 2. The Kier molecular flexibility index (Phi) is 6.82. The zero-order chi connectivity index (χ0) is 15.3. The van der Waals surface area contributed by atoms with Gasteiger partial charge in [0.25, 0.3) is 0 Å². The van der Waals surface area contributed by atoms with E-state index in [1.807, 2.05) is 25.1 Å². The summed E-state index contributed by atoms with van der Waals surface area (Å²) in [6.45, 7) is 6.47. The van der Waals surface area contributed by atoms with Crippen LogP contribution in [-0.2, 0) is 9.05 Å². The Morgan fingerprint density at radius 2 is 2.00 bits per heavy atom. The van der Waals surface area contributed by atoms with Gasteiger partial charge in [-0.1, -0.05) is 36.7 Å². The zero-order valence-corrected chi connectivity index (χ0v) is 15.1. The molecular formula is C14H20BrClO3S. The highest BCUT2D eigenvalue weighted by molar-refractivity contribution is 9.10. The molecule has 0 N–H and O–H groups in total. The van der Waals surface area contributed by atoms with Crippen LogP contribution in [0.3, 0.4) is 0 Å². The molecule has 0 aromatic heterocycles. The summed E-state index contributed by atoms with van der Waals surface area (Å²) in [5.41, 5.74) is 1.10. The van der Waals surface area contributed by atoms with Crippen molar-refractivity contribution in [2.24, 2.45) is 5.92 Å². The van der Waals surface area contributed by atoms with Crippen molar-refractivity contribution in [2.75, 3.05) is 12.4 Å². The van der Waals surface area contributed by atoms with Crippen LogP contribution in [0.5, 0.6) is 5.75 Å². The molecule has 0 aliphatic carbocycles. The first kappa shape index (κ1) is 17.8. The summed E-state index contributed by atoms with van der Waals surface area (Å²) in [5.74, 6) is 0.979. The highest BCUT2D eigenvalue weighted by atomic mass is 79.9. The molecule has 1 unspecified atom stereocenters. The van der Waals surface area contributed by atoms with Gasteiger partial charge >= 0.3 is 0 Å². The Balaban J connectivity index is 2.78. The molecule has 1 aromatic carbocycles. The molecule has 1 rings (SSSR count). The molecule has 20 heavy (non-hydrogen) atoms. The minimum atomic E-state index is -3.49. The summed E-state index contributed by atoms with van der Waals surface area (Å²) in [6.07, 6.45) is 0.708. The average Bonchev–Trinajstić information content (AvgIpc) is 2.33. The lowest BCUT2D eigenvalue weighted by molar-refractivity contribution is 0.255. The zero-order valence-electron chi connectivity index (χ0n) is 11.9. The van der Waals surface area contributed by atoms with Crippen molar-refractivity contribution >= 4 is 35.7 Å². The Morgan fingerprint density at radius 1 is 1.35 bits per heavy atom. The average molecular weight is 384 g/mol. The van der Waals surface area contributed by atoms with E-state index in [1.54, 1.807) is 0 Å². The number of hydrogen-bond donors (Lipinski definition) is 0. The highest BCUT2D eigenvalue weighted by Crippen LogP contribution is 2.30. The van der Waals surface area contributed by atoms with Gasteiger partial charge in [-0.3, -0.25) is 0 Å². The summed E-state index contributed by atoms with van der Waals surface area (Å²) in [6, 6.07) is 5.85. The second kappa shape index (κ2) is 7.66. The van der Waals surface area contributed by atoms with Crippen molar-refractivity contribution in [3.05, 3.63) is 28.2 Å². The first-order chi connectivity index (χ1) is 9.23. The molecule has 0 aliphatic rings. The third-order valence-corrected chi connectivity index (χ3v) is 4.82. The van der Waals surface area contributed by atoms with E-state index >= 15 is 0 Å². The molecule has 1 atom stereocenters. The van der Waals surface area contributed by atoms with Crippen molar-refractivity contribution < 1.29 is 13.2 Å². The minimum Gasteiger partial charge on any atom is -0.493 e. The van der Waals surface area contributed by atoms with E-state index in [4.69, 9.17) is 15.4 Å². The minimum absolute atomic E-state index is 0.0569. The second-order valence-corrected chi connectivity index (χ2v) is 8.86. The summed E-state index contributed by atoms with van der Waals surface area (Å²) >= 11 is 3.45. The number of benzene rings is 1. The van der Waals surface area contributed by atoms with Gasteiger partial charge in [-0.25, -0.2) is 8.42 Å². The van der Waals surface area contributed by atoms with E-state index in [2.05, 4.69) is 29.8 Å². The van der Waals surface area contributed by atoms with E-state index in [-0.39, 0.29) is 11.7 Å².